The van der Waals surface area contributed by atoms with Crippen LogP contribution in [0.4, 0.5) is 4.79 Å². The van der Waals surface area contributed by atoms with Gasteiger partial charge in [0.25, 0.3) is 0 Å². The first-order chi connectivity index (χ1) is 19.7. The van der Waals surface area contributed by atoms with Crippen molar-refractivity contribution < 1.29 is 24.2 Å². The number of carbonyl (C=O) groups excluding carboxylic acids is 2. The van der Waals surface area contributed by atoms with E-state index in [4.69, 9.17) is 4.74 Å². The van der Waals surface area contributed by atoms with Gasteiger partial charge in [-0.2, -0.15) is 0 Å². The van der Waals surface area contributed by atoms with Crippen molar-refractivity contribution in [2.45, 2.75) is 44.7 Å². The number of rotatable bonds is 10. The van der Waals surface area contributed by atoms with Crippen LogP contribution >= 0.6 is 0 Å². The number of benzene rings is 3. The first-order valence-electron chi connectivity index (χ1n) is 14.1. The summed E-state index contributed by atoms with van der Waals surface area (Å²) in [6, 6.07) is 26.3. The van der Waals surface area contributed by atoms with Gasteiger partial charge in [0.15, 0.2) is 0 Å². The van der Waals surface area contributed by atoms with Crippen molar-refractivity contribution in [1.29, 1.82) is 0 Å². The zero-order valence-electron chi connectivity index (χ0n) is 23.6. The number of aliphatic carboxylic acids is 1. The maximum atomic E-state index is 13.7. The highest BCUT2D eigenvalue weighted by atomic mass is 16.5. The summed E-state index contributed by atoms with van der Waals surface area (Å²) in [6.07, 6.45) is -0.316. The van der Waals surface area contributed by atoms with Crippen molar-refractivity contribution in [1.82, 2.24) is 15.5 Å². The molecule has 1 heterocycles. The van der Waals surface area contributed by atoms with Crippen LogP contribution in [0.25, 0.3) is 11.1 Å². The van der Waals surface area contributed by atoms with Gasteiger partial charge >= 0.3 is 12.1 Å². The number of hydrogen-bond acceptors (Lipinski definition) is 5. The molecule has 1 aliphatic heterocycles. The van der Waals surface area contributed by atoms with Crippen LogP contribution in [0.15, 0.2) is 78.9 Å². The third-order valence-electron chi connectivity index (χ3n) is 8.07. The molecule has 1 atom stereocenters. The second-order valence-electron chi connectivity index (χ2n) is 11.9. The Kier molecular flexibility index (Phi) is 8.13. The fraction of sp³-hybridized carbons (Fsp3) is 0.364. The largest absolute Gasteiger partial charge is 0.481 e. The molecule has 0 aromatic heterocycles. The fourth-order valence-corrected chi connectivity index (χ4v) is 6.00. The summed E-state index contributed by atoms with van der Waals surface area (Å²) < 4.78 is 5.80. The summed E-state index contributed by atoms with van der Waals surface area (Å²) in [5.74, 6) is -1.35. The van der Waals surface area contributed by atoms with Gasteiger partial charge in [-0.05, 0) is 39.7 Å². The van der Waals surface area contributed by atoms with Crippen LogP contribution in [0.2, 0.25) is 0 Å². The zero-order chi connectivity index (χ0) is 29.0. The lowest BCUT2D eigenvalue weighted by Crippen LogP contribution is -2.61. The number of carboxylic acids is 1. The standard InChI is InChI=1S/C33H37N3O5/c1-32(2,18-29(37)38)21-34-30(39)33(16-17-36(22-33)19-23-10-4-3-5-11-23)35-31(40)41-20-28-26-14-8-6-12-24(26)25-13-7-9-15-27(25)28/h3-15,28H,16-22H2,1-2H3,(H,34,39)(H,35,40)(H,37,38). The van der Waals surface area contributed by atoms with Gasteiger partial charge in [-0.3, -0.25) is 14.5 Å². The van der Waals surface area contributed by atoms with Gasteiger partial charge in [0.1, 0.15) is 12.1 Å². The minimum Gasteiger partial charge on any atom is -0.481 e. The van der Waals surface area contributed by atoms with Gasteiger partial charge in [0.05, 0.1) is 6.42 Å². The number of alkyl carbamates (subject to hydrolysis) is 1. The van der Waals surface area contributed by atoms with E-state index in [9.17, 15) is 19.5 Å². The highest BCUT2D eigenvalue weighted by molar-refractivity contribution is 5.91. The number of ether oxygens (including phenoxy) is 1. The van der Waals surface area contributed by atoms with Crippen molar-refractivity contribution in [2.24, 2.45) is 5.41 Å². The number of nitrogens with zero attached hydrogens (tertiary/aromatic N) is 1. The number of carbonyl (C=O) groups is 3. The van der Waals surface area contributed by atoms with E-state index >= 15 is 0 Å². The molecule has 3 aromatic rings. The molecule has 214 valence electrons. The lowest BCUT2D eigenvalue weighted by Gasteiger charge is -2.31. The van der Waals surface area contributed by atoms with Gasteiger partial charge in [-0.25, -0.2) is 4.79 Å². The Balaban J connectivity index is 1.29. The molecule has 0 radical (unpaired) electrons. The number of fused-ring (bicyclic) bond motifs is 3. The lowest BCUT2D eigenvalue weighted by atomic mass is 9.88. The van der Waals surface area contributed by atoms with Crippen molar-refractivity contribution in [3.05, 3.63) is 95.6 Å². The van der Waals surface area contributed by atoms with E-state index in [0.717, 1.165) is 27.8 Å². The average Bonchev–Trinajstić information content (AvgIpc) is 3.50. The Morgan fingerprint density at radius 2 is 1.56 bits per heavy atom. The van der Waals surface area contributed by atoms with Gasteiger partial charge in [0.2, 0.25) is 5.91 Å². The van der Waals surface area contributed by atoms with Crippen molar-refractivity contribution in [3.63, 3.8) is 0 Å². The van der Waals surface area contributed by atoms with Crippen molar-refractivity contribution in [2.75, 3.05) is 26.2 Å². The van der Waals surface area contributed by atoms with Crippen LogP contribution in [0.5, 0.6) is 0 Å². The van der Waals surface area contributed by atoms with E-state index in [2.05, 4.69) is 39.8 Å². The molecule has 1 unspecified atom stereocenters. The monoisotopic (exact) mass is 555 g/mol. The third kappa shape index (κ3) is 6.43. The van der Waals surface area contributed by atoms with Crippen LogP contribution in [-0.2, 0) is 20.9 Å². The van der Waals surface area contributed by atoms with Crippen molar-refractivity contribution in [3.8, 4) is 11.1 Å². The van der Waals surface area contributed by atoms with Crippen LogP contribution in [0.1, 0.15) is 49.3 Å². The first-order valence-corrected chi connectivity index (χ1v) is 14.1. The smallest absolute Gasteiger partial charge is 0.408 e. The van der Waals surface area contributed by atoms with Gasteiger partial charge in [-0.15, -0.1) is 0 Å². The number of amides is 2. The maximum absolute atomic E-state index is 13.7. The van der Waals surface area contributed by atoms with E-state index in [1.54, 1.807) is 13.8 Å². The summed E-state index contributed by atoms with van der Waals surface area (Å²) in [4.78, 5) is 40.4. The molecule has 8 nitrogen and oxygen atoms in total. The molecule has 41 heavy (non-hydrogen) atoms. The molecule has 1 fully saturated rings. The number of nitrogens with one attached hydrogen (secondary N) is 2. The molecule has 2 amide bonds. The molecule has 0 saturated carbocycles. The van der Waals surface area contributed by atoms with Crippen LogP contribution in [-0.4, -0.2) is 59.8 Å². The summed E-state index contributed by atoms with van der Waals surface area (Å²) in [7, 11) is 0. The van der Waals surface area contributed by atoms with E-state index in [0.29, 0.717) is 26.1 Å². The Bertz CT molecular complexity index is 1380. The van der Waals surface area contributed by atoms with E-state index in [1.165, 1.54) is 0 Å². The lowest BCUT2D eigenvalue weighted by molar-refractivity contribution is -0.139. The molecule has 1 saturated heterocycles. The minimum atomic E-state index is -1.20. The molecular formula is C33H37N3O5. The molecular weight excluding hydrogens is 518 g/mol. The van der Waals surface area contributed by atoms with Crippen molar-refractivity contribution >= 4 is 18.0 Å². The normalized spacial score (nSPS) is 18.4. The van der Waals surface area contributed by atoms with Gasteiger partial charge < -0.3 is 20.5 Å². The predicted octanol–water partition coefficient (Wildman–Crippen LogP) is 4.79. The molecule has 3 aromatic carbocycles. The van der Waals surface area contributed by atoms with Gasteiger partial charge in [0, 0.05) is 32.1 Å². The number of carboxylic acid groups (broad SMARTS) is 1. The van der Waals surface area contributed by atoms with Crippen LogP contribution < -0.4 is 10.6 Å². The minimum absolute atomic E-state index is 0.0831. The second kappa shape index (κ2) is 11.7. The Hall–Kier alpha value is -4.17. The summed E-state index contributed by atoms with van der Waals surface area (Å²) in [5, 5.41) is 15.1. The van der Waals surface area contributed by atoms with E-state index in [-0.39, 0.29) is 31.4 Å². The van der Waals surface area contributed by atoms with Crippen LogP contribution in [0, 0.1) is 5.41 Å². The molecule has 8 heteroatoms. The molecule has 0 spiro atoms. The molecule has 1 aliphatic carbocycles. The first kappa shape index (κ1) is 28.4. The second-order valence-corrected chi connectivity index (χ2v) is 11.9. The van der Waals surface area contributed by atoms with Gasteiger partial charge in [-0.1, -0.05) is 92.7 Å². The highest BCUT2D eigenvalue weighted by Crippen LogP contribution is 2.44. The predicted molar refractivity (Wildman–Crippen MR) is 156 cm³/mol. The number of hydrogen-bond donors (Lipinski definition) is 3. The van der Waals surface area contributed by atoms with Crippen LogP contribution in [0.3, 0.4) is 0 Å². The van der Waals surface area contributed by atoms with E-state index in [1.807, 2.05) is 54.6 Å². The quantitative estimate of drug-likeness (QED) is 0.332. The topological polar surface area (TPSA) is 108 Å². The Labute approximate surface area is 240 Å². The maximum Gasteiger partial charge on any atom is 0.408 e. The molecule has 3 N–H and O–H groups in total. The Morgan fingerprint density at radius 3 is 2.20 bits per heavy atom. The number of likely N-dealkylation sites (tertiary alicyclic amines) is 1. The molecule has 0 bridgehead atoms. The highest BCUT2D eigenvalue weighted by Gasteiger charge is 2.46. The summed E-state index contributed by atoms with van der Waals surface area (Å²) >= 11 is 0. The Morgan fingerprint density at radius 1 is 0.951 bits per heavy atom. The third-order valence-corrected chi connectivity index (χ3v) is 8.07. The summed E-state index contributed by atoms with van der Waals surface area (Å²) in [5.41, 5.74) is 3.79. The average molecular weight is 556 g/mol. The molecule has 5 rings (SSSR count). The SMILES string of the molecule is CC(C)(CNC(=O)C1(NC(=O)OCC2c3ccccc3-c3ccccc32)CCN(Cc2ccccc2)C1)CC(=O)O. The molecule has 2 aliphatic rings. The fourth-order valence-electron chi connectivity index (χ4n) is 6.00. The zero-order valence-corrected chi connectivity index (χ0v) is 23.6. The van der Waals surface area contributed by atoms with E-state index < -0.39 is 23.0 Å². The summed E-state index contributed by atoms with van der Waals surface area (Å²) in [6.45, 7) is 5.49.